The monoisotopic (exact) mass is 346 g/mol. The molecule has 0 heterocycles. The molecule has 7 heteroatoms. The number of ether oxygens (including phenoxy) is 3. The van der Waals surface area contributed by atoms with Gasteiger partial charge in [-0.05, 0) is 23.8 Å². The molecule has 0 aliphatic rings. The van der Waals surface area contributed by atoms with Gasteiger partial charge in [-0.1, -0.05) is 6.08 Å². The summed E-state index contributed by atoms with van der Waals surface area (Å²) in [5.74, 6) is -0.977. The number of ketones is 1. The lowest BCUT2D eigenvalue weighted by Crippen LogP contribution is -2.00. The van der Waals surface area contributed by atoms with Crippen molar-refractivity contribution >= 4 is 11.9 Å². The maximum atomic E-state index is 12.4. The van der Waals surface area contributed by atoms with Crippen LogP contribution in [0.1, 0.15) is 15.9 Å². The van der Waals surface area contributed by atoms with E-state index in [1.807, 2.05) is 0 Å². The Balaban J connectivity index is 2.37. The third-order valence-electron chi connectivity index (χ3n) is 3.48. The molecule has 2 aromatic rings. The van der Waals surface area contributed by atoms with Crippen molar-refractivity contribution in [3.63, 3.8) is 0 Å². The van der Waals surface area contributed by atoms with Crippen molar-refractivity contribution in [2.24, 2.45) is 0 Å². The van der Waals surface area contributed by atoms with Crippen molar-refractivity contribution in [2.75, 3.05) is 21.3 Å². The van der Waals surface area contributed by atoms with E-state index in [1.54, 1.807) is 0 Å². The normalized spacial score (nSPS) is 10.7. The van der Waals surface area contributed by atoms with Gasteiger partial charge in [0.1, 0.15) is 22.8 Å². The van der Waals surface area contributed by atoms with E-state index in [1.165, 1.54) is 57.7 Å². The van der Waals surface area contributed by atoms with Crippen LogP contribution < -0.4 is 14.2 Å². The number of phenolic OH excluding ortho intramolecular Hbond substituents is 3. The third kappa shape index (κ3) is 3.77. The fourth-order valence-electron chi connectivity index (χ4n) is 2.22. The molecule has 0 aliphatic heterocycles. The first kappa shape index (κ1) is 18.0. The number of aromatic hydroxyl groups is 3. The van der Waals surface area contributed by atoms with Crippen molar-refractivity contribution in [2.45, 2.75) is 0 Å². The maximum Gasteiger partial charge on any atom is 0.200 e. The Morgan fingerprint density at radius 2 is 1.56 bits per heavy atom. The summed E-state index contributed by atoms with van der Waals surface area (Å²) in [4.78, 5) is 12.4. The molecule has 2 aromatic carbocycles. The molecule has 0 saturated heterocycles. The van der Waals surface area contributed by atoms with Gasteiger partial charge in [0.25, 0.3) is 0 Å². The van der Waals surface area contributed by atoms with Crippen molar-refractivity contribution in [3.8, 4) is 34.5 Å². The molecule has 0 unspecified atom stereocenters. The molecule has 0 bridgehead atoms. The molecule has 0 aromatic heterocycles. The van der Waals surface area contributed by atoms with E-state index in [9.17, 15) is 20.1 Å². The summed E-state index contributed by atoms with van der Waals surface area (Å²) in [6, 6.07) is 5.51. The zero-order chi connectivity index (χ0) is 18.6. The van der Waals surface area contributed by atoms with Gasteiger partial charge >= 0.3 is 0 Å². The SMILES string of the molecule is COc1cc(O)c(C(=O)C=Cc2cc(O)c(O)c(OC)c2)c(OC)c1. The second-order valence-corrected chi connectivity index (χ2v) is 5.01. The fourth-order valence-corrected chi connectivity index (χ4v) is 2.22. The standard InChI is InChI=1S/C18H18O7/c1-23-11-8-13(20)17(15(9-11)24-2)12(19)5-4-10-6-14(21)18(22)16(7-10)25-3/h4-9,20-22H,1-3H3. The van der Waals surface area contributed by atoms with Crippen molar-refractivity contribution in [1.29, 1.82) is 0 Å². The van der Waals surface area contributed by atoms with Gasteiger partial charge in [-0.25, -0.2) is 0 Å². The van der Waals surface area contributed by atoms with Crippen LogP contribution in [0.15, 0.2) is 30.3 Å². The minimum atomic E-state index is -0.511. The summed E-state index contributed by atoms with van der Waals surface area (Å²) >= 11 is 0. The van der Waals surface area contributed by atoms with E-state index in [0.717, 1.165) is 0 Å². The van der Waals surface area contributed by atoms with Gasteiger partial charge in [0.05, 0.1) is 21.3 Å². The average Bonchev–Trinajstić information content (AvgIpc) is 2.61. The number of allylic oxidation sites excluding steroid dienone is 1. The zero-order valence-electron chi connectivity index (χ0n) is 13.9. The van der Waals surface area contributed by atoms with Gasteiger partial charge in [0.15, 0.2) is 17.3 Å². The smallest absolute Gasteiger partial charge is 0.200 e. The highest BCUT2D eigenvalue weighted by Crippen LogP contribution is 2.37. The molecule has 0 radical (unpaired) electrons. The number of carbonyl (C=O) groups is 1. The van der Waals surface area contributed by atoms with E-state index in [0.29, 0.717) is 11.3 Å². The van der Waals surface area contributed by atoms with Crippen molar-refractivity contribution in [1.82, 2.24) is 0 Å². The van der Waals surface area contributed by atoms with E-state index in [2.05, 4.69) is 0 Å². The first-order valence-corrected chi connectivity index (χ1v) is 7.18. The quantitative estimate of drug-likeness (QED) is 0.419. The highest BCUT2D eigenvalue weighted by atomic mass is 16.5. The Morgan fingerprint density at radius 1 is 0.880 bits per heavy atom. The van der Waals surface area contributed by atoms with Crippen LogP contribution in [0.2, 0.25) is 0 Å². The number of rotatable bonds is 6. The van der Waals surface area contributed by atoms with E-state index in [-0.39, 0.29) is 34.3 Å². The highest BCUT2D eigenvalue weighted by molar-refractivity contribution is 6.10. The van der Waals surface area contributed by atoms with E-state index < -0.39 is 5.78 Å². The summed E-state index contributed by atoms with van der Waals surface area (Å²) in [6.45, 7) is 0. The Morgan fingerprint density at radius 3 is 2.16 bits per heavy atom. The Labute approximate surface area is 144 Å². The average molecular weight is 346 g/mol. The molecule has 0 amide bonds. The number of carbonyl (C=O) groups excluding carboxylic acids is 1. The predicted molar refractivity (Wildman–Crippen MR) is 90.9 cm³/mol. The molecule has 25 heavy (non-hydrogen) atoms. The van der Waals surface area contributed by atoms with Gasteiger partial charge < -0.3 is 29.5 Å². The van der Waals surface area contributed by atoms with Crippen LogP contribution in [0, 0.1) is 0 Å². The van der Waals surface area contributed by atoms with Gasteiger partial charge in [-0.2, -0.15) is 0 Å². The molecule has 0 saturated carbocycles. The number of phenols is 3. The lowest BCUT2D eigenvalue weighted by Gasteiger charge is -2.10. The van der Waals surface area contributed by atoms with Crippen LogP contribution >= 0.6 is 0 Å². The van der Waals surface area contributed by atoms with Crippen LogP contribution in [0.5, 0.6) is 34.5 Å². The lowest BCUT2D eigenvalue weighted by molar-refractivity contribution is 0.104. The molecular formula is C18H18O7. The second kappa shape index (κ2) is 7.48. The number of hydrogen-bond acceptors (Lipinski definition) is 7. The molecular weight excluding hydrogens is 328 g/mol. The summed E-state index contributed by atoms with van der Waals surface area (Å²) < 4.78 is 15.1. The van der Waals surface area contributed by atoms with Crippen LogP contribution in [-0.2, 0) is 0 Å². The molecule has 132 valence electrons. The third-order valence-corrected chi connectivity index (χ3v) is 3.48. The Hall–Kier alpha value is -3.35. The summed E-state index contributed by atoms with van der Waals surface area (Å²) in [7, 11) is 4.14. The van der Waals surface area contributed by atoms with Crippen LogP contribution in [-0.4, -0.2) is 42.4 Å². The topological polar surface area (TPSA) is 105 Å². The molecule has 0 atom stereocenters. The van der Waals surface area contributed by atoms with Gasteiger partial charge in [0, 0.05) is 12.1 Å². The lowest BCUT2D eigenvalue weighted by atomic mass is 10.1. The fraction of sp³-hybridized carbons (Fsp3) is 0.167. The highest BCUT2D eigenvalue weighted by Gasteiger charge is 2.17. The maximum absolute atomic E-state index is 12.4. The number of methoxy groups -OCH3 is 3. The predicted octanol–water partition coefficient (Wildman–Crippen LogP) is 2.73. The largest absolute Gasteiger partial charge is 0.507 e. The number of hydrogen-bond donors (Lipinski definition) is 3. The van der Waals surface area contributed by atoms with E-state index in [4.69, 9.17) is 14.2 Å². The first-order chi connectivity index (χ1) is 11.9. The van der Waals surface area contributed by atoms with Crippen molar-refractivity contribution < 1.29 is 34.3 Å². The van der Waals surface area contributed by atoms with Gasteiger partial charge in [0.2, 0.25) is 5.75 Å². The second-order valence-electron chi connectivity index (χ2n) is 5.01. The molecule has 7 nitrogen and oxygen atoms in total. The first-order valence-electron chi connectivity index (χ1n) is 7.18. The van der Waals surface area contributed by atoms with Gasteiger partial charge in [-0.15, -0.1) is 0 Å². The molecule has 3 N–H and O–H groups in total. The molecule has 0 fully saturated rings. The van der Waals surface area contributed by atoms with Crippen LogP contribution in [0.25, 0.3) is 6.08 Å². The van der Waals surface area contributed by atoms with Crippen LogP contribution in [0.4, 0.5) is 0 Å². The molecule has 2 rings (SSSR count). The van der Waals surface area contributed by atoms with Crippen molar-refractivity contribution in [3.05, 3.63) is 41.5 Å². The van der Waals surface area contributed by atoms with Crippen LogP contribution in [0.3, 0.4) is 0 Å². The molecule has 0 aliphatic carbocycles. The molecule has 0 spiro atoms. The van der Waals surface area contributed by atoms with Gasteiger partial charge in [-0.3, -0.25) is 4.79 Å². The van der Waals surface area contributed by atoms with E-state index >= 15 is 0 Å². The summed E-state index contributed by atoms with van der Waals surface area (Å²) in [6.07, 6.45) is 2.61. The Kier molecular flexibility index (Phi) is 5.38. The summed E-state index contributed by atoms with van der Waals surface area (Å²) in [5.41, 5.74) is 0.405. The minimum Gasteiger partial charge on any atom is -0.507 e. The zero-order valence-corrected chi connectivity index (χ0v) is 13.9. The Bertz CT molecular complexity index is 825. The number of benzene rings is 2. The summed E-state index contributed by atoms with van der Waals surface area (Å²) in [5, 5.41) is 29.3. The minimum absolute atomic E-state index is 0.0190.